The van der Waals surface area contributed by atoms with Crippen molar-refractivity contribution in [1.82, 2.24) is 30.8 Å². The second kappa shape index (κ2) is 19.2. The Labute approximate surface area is 302 Å². The van der Waals surface area contributed by atoms with Gasteiger partial charge in [0, 0.05) is 29.8 Å². The zero-order valence-electron chi connectivity index (χ0n) is 29.2. The monoisotopic (exact) mass is 720 g/mol. The summed E-state index contributed by atoms with van der Waals surface area (Å²) in [6.07, 6.45) is -0.828. The number of carbonyl (C=O) groups is 3. The number of carbonyl (C=O) groups excluding carboxylic acids is 3. The fourth-order valence-corrected chi connectivity index (χ4v) is 6.75. The highest BCUT2D eigenvalue weighted by Crippen LogP contribution is 2.20. The van der Waals surface area contributed by atoms with Crippen LogP contribution >= 0.6 is 22.7 Å². The number of ether oxygens (including phenoxy) is 1. The summed E-state index contributed by atoms with van der Waals surface area (Å²) in [4.78, 5) is 50.3. The molecule has 13 heteroatoms. The first-order chi connectivity index (χ1) is 24.0. The van der Waals surface area contributed by atoms with E-state index in [-0.39, 0.29) is 30.9 Å². The Kier molecular flexibility index (Phi) is 14.7. The van der Waals surface area contributed by atoms with Crippen LogP contribution in [0.15, 0.2) is 76.9 Å². The third-order valence-corrected chi connectivity index (χ3v) is 9.96. The number of nitrogens with one attached hydrogen (secondary N) is 3. The van der Waals surface area contributed by atoms with Crippen molar-refractivity contribution in [3.8, 4) is 0 Å². The van der Waals surface area contributed by atoms with Gasteiger partial charge in [-0.05, 0) is 36.3 Å². The van der Waals surface area contributed by atoms with Crippen LogP contribution in [0.1, 0.15) is 67.6 Å². The van der Waals surface area contributed by atoms with E-state index in [9.17, 15) is 19.5 Å². The second-order valence-corrected chi connectivity index (χ2v) is 14.7. The molecular weight excluding hydrogens is 673 g/mol. The van der Waals surface area contributed by atoms with Gasteiger partial charge < -0.3 is 30.7 Å². The Morgan fingerprint density at radius 2 is 1.54 bits per heavy atom. The van der Waals surface area contributed by atoms with Crippen LogP contribution in [0.2, 0.25) is 0 Å². The van der Waals surface area contributed by atoms with Crippen molar-refractivity contribution in [1.29, 1.82) is 0 Å². The lowest BCUT2D eigenvalue weighted by Crippen LogP contribution is -2.55. The smallest absolute Gasteiger partial charge is 0.407 e. The highest BCUT2D eigenvalue weighted by Gasteiger charge is 2.31. The molecule has 0 saturated carbocycles. The number of benzene rings is 2. The molecule has 50 heavy (non-hydrogen) atoms. The normalized spacial score (nSPS) is 13.7. The van der Waals surface area contributed by atoms with Gasteiger partial charge in [-0.1, -0.05) is 88.4 Å². The molecule has 268 valence electrons. The van der Waals surface area contributed by atoms with Crippen LogP contribution < -0.4 is 16.0 Å². The van der Waals surface area contributed by atoms with E-state index >= 15 is 0 Å². The molecule has 4 amide bonds. The van der Waals surface area contributed by atoms with Crippen LogP contribution in [0.3, 0.4) is 0 Å². The van der Waals surface area contributed by atoms with Crippen LogP contribution in [0.4, 0.5) is 9.59 Å². The number of hydrogen-bond acceptors (Lipinski definition) is 9. The molecule has 4 rings (SSSR count). The minimum atomic E-state index is -1.05. The number of urea groups is 1. The SMILES string of the molecule is CC(C)c1nc(CN(C)C(=O)N[C@H](C(=O)NC(Cc2ccccc2)CC(O)C(Cc2ccccc2)NC(=O)OCc2cscn2)C(C)C)cs1. The molecule has 0 fully saturated rings. The van der Waals surface area contributed by atoms with Gasteiger partial charge in [0.05, 0.1) is 40.6 Å². The molecule has 11 nitrogen and oxygen atoms in total. The van der Waals surface area contributed by atoms with Crippen molar-refractivity contribution in [2.75, 3.05) is 7.05 Å². The Bertz CT molecular complexity index is 1620. The molecule has 0 bridgehead atoms. The molecule has 4 atom stereocenters. The maximum absolute atomic E-state index is 13.9. The largest absolute Gasteiger partial charge is 0.443 e. The maximum atomic E-state index is 13.9. The minimum absolute atomic E-state index is 0.0103. The quantitative estimate of drug-likeness (QED) is 0.106. The molecule has 0 radical (unpaired) electrons. The summed E-state index contributed by atoms with van der Waals surface area (Å²) in [6, 6.07) is 16.8. The number of nitrogens with zero attached hydrogens (tertiary/aromatic N) is 3. The van der Waals surface area contributed by atoms with Gasteiger partial charge >= 0.3 is 12.1 Å². The summed E-state index contributed by atoms with van der Waals surface area (Å²) in [5, 5.41) is 25.3. The number of aliphatic hydroxyl groups excluding tert-OH is 1. The predicted octanol–water partition coefficient (Wildman–Crippen LogP) is 5.91. The van der Waals surface area contributed by atoms with E-state index in [4.69, 9.17) is 4.74 Å². The average Bonchev–Trinajstić information content (AvgIpc) is 3.79. The molecule has 2 aromatic heterocycles. The van der Waals surface area contributed by atoms with Crippen molar-refractivity contribution < 1.29 is 24.2 Å². The zero-order valence-corrected chi connectivity index (χ0v) is 30.9. The van der Waals surface area contributed by atoms with Gasteiger partial charge in [-0.15, -0.1) is 22.7 Å². The standard InChI is InChI=1S/C37H48N6O5S2/c1-24(2)33(42-36(46)43(5)19-29-22-50-35(40-29)25(3)4)34(45)39-28(16-26-12-8-6-9-13-26)18-32(44)31(17-27-14-10-7-11-15-27)41-37(47)48-20-30-21-49-23-38-30/h6-15,21-25,28,31-33,44H,16-20H2,1-5H3,(H,39,45)(H,41,47)(H,42,46)/t28?,31?,32?,33-/m0/s1. The molecule has 0 aliphatic rings. The highest BCUT2D eigenvalue weighted by molar-refractivity contribution is 7.09. The van der Waals surface area contributed by atoms with Gasteiger partial charge in [-0.25, -0.2) is 19.6 Å². The van der Waals surface area contributed by atoms with E-state index in [0.717, 1.165) is 21.8 Å². The van der Waals surface area contributed by atoms with Gasteiger partial charge in [0.2, 0.25) is 5.91 Å². The average molecular weight is 721 g/mol. The molecular formula is C37H48N6O5S2. The molecule has 0 spiro atoms. The number of thiazole rings is 2. The third-order valence-electron chi connectivity index (χ3n) is 8.14. The van der Waals surface area contributed by atoms with E-state index in [0.29, 0.717) is 31.0 Å². The fourth-order valence-electron chi connectivity index (χ4n) is 5.38. The summed E-state index contributed by atoms with van der Waals surface area (Å²) in [7, 11) is 1.68. The summed E-state index contributed by atoms with van der Waals surface area (Å²) in [5.41, 5.74) is 4.98. The first-order valence-electron chi connectivity index (χ1n) is 16.8. The van der Waals surface area contributed by atoms with E-state index in [2.05, 4.69) is 39.8 Å². The second-order valence-electron chi connectivity index (χ2n) is 13.1. The van der Waals surface area contributed by atoms with Crippen molar-refractivity contribution in [3.05, 3.63) is 104 Å². The van der Waals surface area contributed by atoms with E-state index in [1.807, 2.05) is 79.9 Å². The fraction of sp³-hybridized carbons (Fsp3) is 0.432. The molecule has 2 heterocycles. The van der Waals surface area contributed by atoms with Gasteiger partial charge in [0.15, 0.2) is 0 Å². The van der Waals surface area contributed by atoms with Gasteiger partial charge in [-0.2, -0.15) is 0 Å². The van der Waals surface area contributed by atoms with Crippen molar-refractivity contribution in [3.63, 3.8) is 0 Å². The maximum Gasteiger partial charge on any atom is 0.407 e. The van der Waals surface area contributed by atoms with Crippen LogP contribution in [0.5, 0.6) is 0 Å². The number of alkyl carbamates (subject to hydrolysis) is 1. The first kappa shape index (κ1) is 38.5. The van der Waals surface area contributed by atoms with E-state index in [1.165, 1.54) is 16.2 Å². The zero-order chi connectivity index (χ0) is 36.0. The van der Waals surface area contributed by atoms with Gasteiger partial charge in [0.25, 0.3) is 0 Å². The van der Waals surface area contributed by atoms with Crippen molar-refractivity contribution in [2.45, 2.75) is 90.3 Å². The number of rotatable bonds is 17. The van der Waals surface area contributed by atoms with Crippen LogP contribution in [-0.2, 0) is 35.5 Å². The minimum Gasteiger partial charge on any atom is -0.443 e. The molecule has 4 N–H and O–H groups in total. The highest BCUT2D eigenvalue weighted by atomic mass is 32.1. The summed E-state index contributed by atoms with van der Waals surface area (Å²) in [6.45, 7) is 8.22. The van der Waals surface area contributed by atoms with Crippen LogP contribution in [-0.4, -0.2) is 69.3 Å². The van der Waals surface area contributed by atoms with E-state index in [1.54, 1.807) is 29.3 Å². The lowest BCUT2D eigenvalue weighted by molar-refractivity contribution is -0.124. The predicted molar refractivity (Wildman–Crippen MR) is 197 cm³/mol. The van der Waals surface area contributed by atoms with E-state index < -0.39 is 30.3 Å². The lowest BCUT2D eigenvalue weighted by Gasteiger charge is -2.30. The number of aromatic nitrogens is 2. The molecule has 0 saturated heterocycles. The van der Waals surface area contributed by atoms with Crippen LogP contribution in [0.25, 0.3) is 0 Å². The number of amides is 4. The Balaban J connectivity index is 1.46. The summed E-state index contributed by atoms with van der Waals surface area (Å²) in [5.74, 6) is -0.279. The Hall–Kier alpha value is -4.33. The molecule has 0 aliphatic carbocycles. The number of hydrogen-bond donors (Lipinski definition) is 4. The topological polar surface area (TPSA) is 146 Å². The van der Waals surface area contributed by atoms with Crippen LogP contribution in [0, 0.1) is 5.92 Å². The Morgan fingerprint density at radius 3 is 2.12 bits per heavy atom. The molecule has 2 aromatic carbocycles. The third kappa shape index (κ3) is 12.2. The Morgan fingerprint density at radius 1 is 0.880 bits per heavy atom. The van der Waals surface area contributed by atoms with Crippen molar-refractivity contribution in [2.24, 2.45) is 5.92 Å². The summed E-state index contributed by atoms with van der Waals surface area (Å²) < 4.78 is 5.40. The molecule has 4 aromatic rings. The van der Waals surface area contributed by atoms with Gasteiger partial charge in [0.1, 0.15) is 12.6 Å². The lowest BCUT2D eigenvalue weighted by atomic mass is 9.93. The molecule has 3 unspecified atom stereocenters. The summed E-state index contributed by atoms with van der Waals surface area (Å²) >= 11 is 2.98. The first-order valence-corrected chi connectivity index (χ1v) is 18.6. The van der Waals surface area contributed by atoms with Gasteiger partial charge in [-0.3, -0.25) is 4.79 Å². The molecule has 0 aliphatic heterocycles. The van der Waals surface area contributed by atoms with Crippen molar-refractivity contribution >= 4 is 40.7 Å². The number of aliphatic hydroxyl groups is 1.